The number of carbonyl (C=O) groups excluding carboxylic acids is 1. The summed E-state index contributed by atoms with van der Waals surface area (Å²) in [4.78, 5) is 14.0. The molecule has 5 heteroatoms. The van der Waals surface area contributed by atoms with Crippen molar-refractivity contribution >= 4 is 24.0 Å². The lowest BCUT2D eigenvalue weighted by Crippen LogP contribution is -2.44. The molecular weight excluding hydrogens is 298 g/mol. The number of nitrogens with two attached hydrogens (primary N) is 1. The average molecular weight is 328 g/mol. The summed E-state index contributed by atoms with van der Waals surface area (Å²) < 4.78 is 0. The van der Waals surface area contributed by atoms with Crippen molar-refractivity contribution in [2.24, 2.45) is 11.7 Å². The van der Waals surface area contributed by atoms with E-state index in [9.17, 15) is 4.79 Å². The minimum absolute atomic E-state index is 0. The van der Waals surface area contributed by atoms with E-state index in [1.165, 1.54) is 5.69 Å². The number of para-hydroxylation sites is 1. The fraction of sp³-hybridized carbons (Fsp3) is 0.588. The van der Waals surface area contributed by atoms with Crippen LogP contribution in [0.2, 0.25) is 0 Å². The molecule has 0 bridgehead atoms. The van der Waals surface area contributed by atoms with Gasteiger partial charge in [0.05, 0.1) is 6.04 Å². The number of unbranched alkanes of at least 4 members (excludes halogenated alkanes) is 1. The Bertz CT molecular complexity index is 414. The first-order chi connectivity index (χ1) is 10.1. The molecule has 0 radical (unpaired) electrons. The molecule has 3 N–H and O–H groups in total. The van der Waals surface area contributed by atoms with Crippen LogP contribution in [0.15, 0.2) is 30.3 Å². The van der Waals surface area contributed by atoms with Crippen LogP contribution in [0.3, 0.4) is 0 Å². The molecule has 2 unspecified atom stereocenters. The van der Waals surface area contributed by atoms with Crippen molar-refractivity contribution in [3.05, 3.63) is 30.3 Å². The number of nitrogens with one attached hydrogen (secondary N) is 1. The summed E-state index contributed by atoms with van der Waals surface area (Å²) >= 11 is 0. The second kappa shape index (κ2) is 11.3. The number of hydrogen-bond donors (Lipinski definition) is 2. The zero-order valence-corrected chi connectivity index (χ0v) is 14.7. The number of anilines is 1. The van der Waals surface area contributed by atoms with E-state index < -0.39 is 0 Å². The topological polar surface area (TPSA) is 58.4 Å². The van der Waals surface area contributed by atoms with Gasteiger partial charge in [0.2, 0.25) is 5.91 Å². The summed E-state index contributed by atoms with van der Waals surface area (Å²) in [7, 11) is 2.09. The van der Waals surface area contributed by atoms with Crippen LogP contribution in [0.4, 0.5) is 5.69 Å². The van der Waals surface area contributed by atoms with E-state index in [2.05, 4.69) is 36.3 Å². The molecule has 0 aromatic heterocycles. The molecular formula is C17H30ClN3O. The molecule has 0 saturated carbocycles. The number of carbonyl (C=O) groups is 1. The predicted molar refractivity (Wildman–Crippen MR) is 96.6 cm³/mol. The standard InChI is InChI=1S/C17H29N3O.ClH/c1-4-14(2)16(18)17(21)19-12-8-9-13-20(3)15-10-6-5-7-11-15;/h5-7,10-11,14,16H,4,8-9,12-13,18H2,1-3H3,(H,19,21);1H. The van der Waals surface area contributed by atoms with E-state index in [0.29, 0.717) is 6.54 Å². The summed E-state index contributed by atoms with van der Waals surface area (Å²) in [5.41, 5.74) is 7.11. The van der Waals surface area contributed by atoms with Gasteiger partial charge in [-0.2, -0.15) is 0 Å². The molecule has 0 aliphatic carbocycles. The summed E-state index contributed by atoms with van der Waals surface area (Å²) in [5.74, 6) is 0.204. The van der Waals surface area contributed by atoms with Crippen LogP contribution in [-0.2, 0) is 4.79 Å². The molecule has 126 valence electrons. The van der Waals surface area contributed by atoms with Gasteiger partial charge in [0.1, 0.15) is 0 Å². The lowest BCUT2D eigenvalue weighted by molar-refractivity contribution is -0.123. The first-order valence-electron chi connectivity index (χ1n) is 7.85. The van der Waals surface area contributed by atoms with Gasteiger partial charge in [-0.25, -0.2) is 0 Å². The number of amides is 1. The molecule has 1 aromatic carbocycles. The fourth-order valence-electron chi connectivity index (χ4n) is 2.13. The molecule has 1 aromatic rings. The van der Waals surface area contributed by atoms with Crippen molar-refractivity contribution in [3.63, 3.8) is 0 Å². The van der Waals surface area contributed by atoms with Crippen molar-refractivity contribution < 1.29 is 4.79 Å². The fourth-order valence-corrected chi connectivity index (χ4v) is 2.13. The molecule has 1 rings (SSSR count). The lowest BCUT2D eigenvalue weighted by atomic mass is 9.99. The SMILES string of the molecule is CCC(C)C(N)C(=O)NCCCCN(C)c1ccccc1.Cl. The molecule has 0 heterocycles. The van der Waals surface area contributed by atoms with Gasteiger partial charge in [-0.15, -0.1) is 12.4 Å². The van der Waals surface area contributed by atoms with Crippen LogP contribution in [0.5, 0.6) is 0 Å². The highest BCUT2D eigenvalue weighted by Crippen LogP contribution is 2.11. The van der Waals surface area contributed by atoms with Gasteiger partial charge in [0.25, 0.3) is 0 Å². The largest absolute Gasteiger partial charge is 0.375 e. The summed E-state index contributed by atoms with van der Waals surface area (Å²) in [6, 6.07) is 9.93. The van der Waals surface area contributed by atoms with Crippen LogP contribution in [0.1, 0.15) is 33.1 Å². The number of hydrogen-bond acceptors (Lipinski definition) is 3. The van der Waals surface area contributed by atoms with Gasteiger partial charge in [-0.1, -0.05) is 38.5 Å². The smallest absolute Gasteiger partial charge is 0.237 e. The molecule has 0 spiro atoms. The first kappa shape index (κ1) is 20.7. The van der Waals surface area contributed by atoms with Crippen molar-refractivity contribution in [2.45, 2.75) is 39.2 Å². The van der Waals surface area contributed by atoms with Crippen LogP contribution < -0.4 is 16.0 Å². The third-order valence-electron chi connectivity index (χ3n) is 3.98. The van der Waals surface area contributed by atoms with Crippen LogP contribution in [-0.4, -0.2) is 32.1 Å². The number of halogens is 1. The van der Waals surface area contributed by atoms with E-state index in [4.69, 9.17) is 5.73 Å². The minimum atomic E-state index is -0.387. The zero-order valence-electron chi connectivity index (χ0n) is 13.9. The predicted octanol–water partition coefficient (Wildman–Crippen LogP) is 2.81. The first-order valence-corrected chi connectivity index (χ1v) is 7.85. The summed E-state index contributed by atoms with van der Waals surface area (Å²) in [6.07, 6.45) is 2.94. The Balaban J connectivity index is 0.00000441. The van der Waals surface area contributed by atoms with Gasteiger partial charge in [0.15, 0.2) is 0 Å². The number of nitrogens with zero attached hydrogens (tertiary/aromatic N) is 1. The van der Waals surface area contributed by atoms with Gasteiger partial charge in [0, 0.05) is 25.8 Å². The molecule has 2 atom stereocenters. The second-order valence-corrected chi connectivity index (χ2v) is 5.67. The molecule has 0 fully saturated rings. The Morgan fingerprint density at radius 3 is 2.50 bits per heavy atom. The van der Waals surface area contributed by atoms with Gasteiger partial charge < -0.3 is 16.0 Å². The Morgan fingerprint density at radius 2 is 1.91 bits per heavy atom. The minimum Gasteiger partial charge on any atom is -0.375 e. The molecule has 22 heavy (non-hydrogen) atoms. The van der Waals surface area contributed by atoms with Gasteiger partial charge >= 0.3 is 0 Å². The Hall–Kier alpha value is -1.26. The number of benzene rings is 1. The van der Waals surface area contributed by atoms with Crippen molar-refractivity contribution in [1.82, 2.24) is 5.32 Å². The van der Waals surface area contributed by atoms with Crippen LogP contribution in [0.25, 0.3) is 0 Å². The zero-order chi connectivity index (χ0) is 15.7. The third kappa shape index (κ3) is 7.14. The highest BCUT2D eigenvalue weighted by molar-refractivity contribution is 5.85. The van der Waals surface area contributed by atoms with E-state index in [0.717, 1.165) is 25.8 Å². The molecule has 0 aliphatic rings. The third-order valence-corrected chi connectivity index (χ3v) is 3.98. The summed E-state index contributed by atoms with van der Waals surface area (Å²) in [6.45, 7) is 5.75. The van der Waals surface area contributed by atoms with Crippen LogP contribution >= 0.6 is 12.4 Å². The molecule has 0 aliphatic heterocycles. The van der Waals surface area contributed by atoms with Crippen molar-refractivity contribution in [2.75, 3.05) is 25.0 Å². The van der Waals surface area contributed by atoms with E-state index in [1.54, 1.807) is 0 Å². The highest BCUT2D eigenvalue weighted by atomic mass is 35.5. The second-order valence-electron chi connectivity index (χ2n) is 5.67. The van der Waals surface area contributed by atoms with Crippen molar-refractivity contribution in [3.8, 4) is 0 Å². The maximum absolute atomic E-state index is 11.8. The Labute approximate surface area is 140 Å². The summed E-state index contributed by atoms with van der Waals surface area (Å²) in [5, 5.41) is 2.93. The van der Waals surface area contributed by atoms with Crippen LogP contribution in [0, 0.1) is 5.92 Å². The van der Waals surface area contributed by atoms with E-state index in [-0.39, 0.29) is 30.3 Å². The van der Waals surface area contributed by atoms with E-state index in [1.807, 2.05) is 25.1 Å². The monoisotopic (exact) mass is 327 g/mol. The molecule has 1 amide bonds. The average Bonchev–Trinajstić information content (AvgIpc) is 2.53. The number of rotatable bonds is 9. The molecule has 4 nitrogen and oxygen atoms in total. The van der Waals surface area contributed by atoms with Crippen molar-refractivity contribution in [1.29, 1.82) is 0 Å². The Kier molecular flexibility index (Phi) is 10.7. The normalized spacial score (nSPS) is 12.9. The maximum Gasteiger partial charge on any atom is 0.237 e. The van der Waals surface area contributed by atoms with Gasteiger partial charge in [-0.3, -0.25) is 4.79 Å². The maximum atomic E-state index is 11.8. The quantitative estimate of drug-likeness (QED) is 0.686. The molecule has 0 saturated heterocycles. The van der Waals surface area contributed by atoms with Gasteiger partial charge in [-0.05, 0) is 30.9 Å². The van der Waals surface area contributed by atoms with E-state index >= 15 is 0 Å². The Morgan fingerprint density at radius 1 is 1.27 bits per heavy atom. The highest BCUT2D eigenvalue weighted by Gasteiger charge is 2.18. The lowest BCUT2D eigenvalue weighted by Gasteiger charge is -2.20.